The Labute approximate surface area is 87.7 Å². The van der Waals surface area contributed by atoms with Crippen molar-refractivity contribution in [3.63, 3.8) is 0 Å². The molecule has 3 heteroatoms. The molecule has 0 aliphatic heterocycles. The number of esters is 1. The topological polar surface area (TPSA) is 43.4 Å². The summed E-state index contributed by atoms with van der Waals surface area (Å²) in [5.74, 6) is 0.0169. The molecular weight excluding hydrogens is 192 g/mol. The van der Waals surface area contributed by atoms with Crippen LogP contribution in [0.25, 0.3) is 0 Å². The summed E-state index contributed by atoms with van der Waals surface area (Å²) in [5, 5.41) is 0. The first-order chi connectivity index (χ1) is 7.33. The van der Waals surface area contributed by atoms with Crippen LogP contribution in [0.4, 0.5) is 0 Å². The van der Waals surface area contributed by atoms with Gasteiger partial charge in [0.1, 0.15) is 12.0 Å². The predicted molar refractivity (Wildman–Crippen MR) is 56.4 cm³/mol. The molecule has 0 aromatic heterocycles. The first kappa shape index (κ1) is 10.9. The summed E-state index contributed by atoms with van der Waals surface area (Å²) in [5.41, 5.74) is 0. The lowest BCUT2D eigenvalue weighted by Crippen LogP contribution is -2.02. The molecule has 0 amide bonds. The van der Waals surface area contributed by atoms with Gasteiger partial charge >= 0.3 is 5.97 Å². The highest BCUT2D eigenvalue weighted by Gasteiger charge is 1.97. The summed E-state index contributed by atoms with van der Waals surface area (Å²) in [6, 6.07) is 8.76. The van der Waals surface area contributed by atoms with Crippen LogP contribution in [0.2, 0.25) is 0 Å². The van der Waals surface area contributed by atoms with Crippen LogP contribution in [0.1, 0.15) is 0 Å². The summed E-state index contributed by atoms with van der Waals surface area (Å²) in [7, 11) is 0. The lowest BCUT2D eigenvalue weighted by atomic mass is 10.3. The zero-order valence-corrected chi connectivity index (χ0v) is 8.00. The first-order valence-corrected chi connectivity index (χ1v) is 4.38. The summed E-state index contributed by atoms with van der Waals surface area (Å²) in [4.78, 5) is 21.0. The van der Waals surface area contributed by atoms with Crippen LogP contribution in [0.15, 0.2) is 54.6 Å². The highest BCUT2D eigenvalue weighted by atomic mass is 16.5. The van der Waals surface area contributed by atoms with Gasteiger partial charge in [0.2, 0.25) is 0 Å². The van der Waals surface area contributed by atoms with Gasteiger partial charge in [-0.2, -0.15) is 0 Å². The van der Waals surface area contributed by atoms with Crippen molar-refractivity contribution in [1.29, 1.82) is 0 Å². The number of ether oxygens (including phenoxy) is 1. The number of carbonyl (C=O) groups excluding carboxylic acids is 2. The number of benzene rings is 1. The maximum Gasteiger partial charge on any atom is 0.336 e. The molecule has 1 rings (SSSR count). The van der Waals surface area contributed by atoms with Crippen molar-refractivity contribution in [3.8, 4) is 5.75 Å². The summed E-state index contributed by atoms with van der Waals surface area (Å²) in [6.45, 7) is 0. The lowest BCUT2D eigenvalue weighted by molar-refractivity contribution is -0.129. The van der Waals surface area contributed by atoms with Gasteiger partial charge in [-0.15, -0.1) is 0 Å². The van der Waals surface area contributed by atoms with E-state index in [-0.39, 0.29) is 0 Å². The average Bonchev–Trinajstić information content (AvgIpc) is 2.26. The van der Waals surface area contributed by atoms with E-state index in [0.717, 1.165) is 0 Å². The van der Waals surface area contributed by atoms with Crippen LogP contribution in [-0.2, 0) is 9.59 Å². The minimum atomic E-state index is -0.475. The van der Waals surface area contributed by atoms with E-state index in [0.29, 0.717) is 12.0 Å². The minimum Gasteiger partial charge on any atom is -0.423 e. The third kappa shape index (κ3) is 4.57. The number of allylic oxidation sites excluding steroid dienone is 3. The maximum absolute atomic E-state index is 11.1. The van der Waals surface area contributed by atoms with Gasteiger partial charge in [-0.05, 0) is 18.2 Å². The number of hydrogen-bond acceptors (Lipinski definition) is 3. The van der Waals surface area contributed by atoms with Gasteiger partial charge in [0.25, 0.3) is 0 Å². The molecule has 0 spiro atoms. The highest BCUT2D eigenvalue weighted by Crippen LogP contribution is 2.08. The van der Waals surface area contributed by atoms with E-state index in [2.05, 4.69) is 0 Å². The number of hydrogen-bond donors (Lipinski definition) is 0. The second kappa shape index (κ2) is 6.32. The molecule has 0 aliphatic carbocycles. The molecule has 0 unspecified atom stereocenters. The van der Waals surface area contributed by atoms with E-state index in [1.54, 1.807) is 24.3 Å². The van der Waals surface area contributed by atoms with Gasteiger partial charge in [-0.1, -0.05) is 30.4 Å². The highest BCUT2D eigenvalue weighted by molar-refractivity contribution is 5.84. The molecule has 1 aromatic rings. The predicted octanol–water partition coefficient (Wildman–Crippen LogP) is 1.90. The van der Waals surface area contributed by atoms with E-state index in [1.165, 1.54) is 24.3 Å². The maximum atomic E-state index is 11.1. The molecule has 0 atom stereocenters. The second-order valence-electron chi connectivity index (χ2n) is 2.61. The Kier molecular flexibility index (Phi) is 4.60. The van der Waals surface area contributed by atoms with Crippen LogP contribution in [0.3, 0.4) is 0 Å². The summed E-state index contributed by atoms with van der Waals surface area (Å²) < 4.78 is 4.95. The molecule has 0 aliphatic rings. The molecule has 0 heterocycles. The van der Waals surface area contributed by atoms with Crippen LogP contribution in [0, 0.1) is 0 Å². The van der Waals surface area contributed by atoms with E-state index in [4.69, 9.17) is 4.74 Å². The molecule has 0 bridgehead atoms. The van der Waals surface area contributed by atoms with Crippen molar-refractivity contribution in [2.45, 2.75) is 0 Å². The second-order valence-corrected chi connectivity index (χ2v) is 2.61. The Bertz CT molecular complexity index is 377. The van der Waals surface area contributed by atoms with Gasteiger partial charge in [0, 0.05) is 6.08 Å². The molecule has 0 fully saturated rings. The van der Waals surface area contributed by atoms with E-state index >= 15 is 0 Å². The molecule has 1 aromatic carbocycles. The Morgan fingerprint density at radius 1 is 1.07 bits per heavy atom. The quantitative estimate of drug-likeness (QED) is 0.246. The largest absolute Gasteiger partial charge is 0.423 e. The van der Waals surface area contributed by atoms with Crippen LogP contribution in [-0.4, -0.2) is 12.3 Å². The average molecular weight is 202 g/mol. The molecular formula is C12H10O3. The van der Waals surface area contributed by atoms with Gasteiger partial charge in [-0.25, -0.2) is 4.79 Å². The van der Waals surface area contributed by atoms with Gasteiger partial charge in [0.15, 0.2) is 0 Å². The third-order valence-electron chi connectivity index (χ3n) is 1.49. The molecule has 0 saturated carbocycles. The number of rotatable bonds is 4. The number of carbonyl (C=O) groups is 2. The van der Waals surface area contributed by atoms with E-state index in [1.807, 2.05) is 6.07 Å². The monoisotopic (exact) mass is 202 g/mol. The Morgan fingerprint density at radius 2 is 1.80 bits per heavy atom. The molecule has 3 nitrogen and oxygen atoms in total. The normalized spacial score (nSPS) is 10.7. The zero-order valence-electron chi connectivity index (χ0n) is 8.00. The SMILES string of the molecule is O=CC=CC=CC(=O)Oc1ccccc1. The van der Waals surface area contributed by atoms with Gasteiger partial charge < -0.3 is 4.74 Å². The smallest absolute Gasteiger partial charge is 0.336 e. The lowest BCUT2D eigenvalue weighted by Gasteiger charge is -1.98. The van der Waals surface area contributed by atoms with Crippen molar-refractivity contribution in [3.05, 3.63) is 54.6 Å². The number of aldehydes is 1. The van der Waals surface area contributed by atoms with E-state index < -0.39 is 5.97 Å². The van der Waals surface area contributed by atoms with Crippen LogP contribution >= 0.6 is 0 Å². The molecule has 0 N–H and O–H groups in total. The van der Waals surface area contributed by atoms with Crippen molar-refractivity contribution in [2.75, 3.05) is 0 Å². The van der Waals surface area contributed by atoms with Gasteiger partial charge in [-0.3, -0.25) is 4.79 Å². The zero-order chi connectivity index (χ0) is 10.9. The van der Waals surface area contributed by atoms with E-state index in [9.17, 15) is 9.59 Å². The van der Waals surface area contributed by atoms with Crippen molar-refractivity contribution >= 4 is 12.3 Å². The van der Waals surface area contributed by atoms with Crippen molar-refractivity contribution in [1.82, 2.24) is 0 Å². The molecule has 0 radical (unpaired) electrons. The van der Waals surface area contributed by atoms with Crippen LogP contribution < -0.4 is 4.74 Å². The van der Waals surface area contributed by atoms with Crippen molar-refractivity contribution < 1.29 is 14.3 Å². The van der Waals surface area contributed by atoms with Gasteiger partial charge in [0.05, 0.1) is 0 Å². The molecule has 0 saturated heterocycles. The Hall–Kier alpha value is -2.16. The number of para-hydroxylation sites is 1. The fourth-order valence-corrected chi connectivity index (χ4v) is 0.882. The third-order valence-corrected chi connectivity index (χ3v) is 1.49. The standard InChI is InChI=1S/C12H10O3/c13-10-6-2-5-9-12(14)15-11-7-3-1-4-8-11/h1-10H. The fourth-order valence-electron chi connectivity index (χ4n) is 0.882. The summed E-state index contributed by atoms with van der Waals surface area (Å²) >= 11 is 0. The molecule has 76 valence electrons. The summed E-state index contributed by atoms with van der Waals surface area (Å²) in [6.07, 6.45) is 6.06. The Balaban J connectivity index is 2.46. The van der Waals surface area contributed by atoms with Crippen molar-refractivity contribution in [2.24, 2.45) is 0 Å². The van der Waals surface area contributed by atoms with Crippen LogP contribution in [0.5, 0.6) is 5.75 Å². The Morgan fingerprint density at radius 3 is 2.47 bits per heavy atom. The molecule has 15 heavy (non-hydrogen) atoms. The first-order valence-electron chi connectivity index (χ1n) is 4.38. The minimum absolute atomic E-state index is 0.475. The fraction of sp³-hybridized carbons (Fsp3) is 0.